The maximum Gasteiger partial charge on any atom is 0.214 e. The summed E-state index contributed by atoms with van der Waals surface area (Å²) >= 11 is 5.87. The van der Waals surface area contributed by atoms with Crippen molar-refractivity contribution in [2.24, 2.45) is 5.41 Å². The molecular formula is C15H22ClNO. The Labute approximate surface area is 115 Å². The van der Waals surface area contributed by atoms with Gasteiger partial charge >= 0.3 is 0 Å². The molecule has 0 aliphatic heterocycles. The maximum atomic E-state index is 6.00. The molecule has 100 valence electrons. The third kappa shape index (κ3) is 3.61. The molecule has 0 N–H and O–H groups in total. The van der Waals surface area contributed by atoms with E-state index in [1.165, 1.54) is 12.8 Å². The normalized spacial score (nSPS) is 19.8. The molecule has 2 nitrogen and oxygen atoms in total. The molecule has 18 heavy (non-hydrogen) atoms. The van der Waals surface area contributed by atoms with Crippen molar-refractivity contribution in [2.45, 2.75) is 58.4 Å². The molecule has 0 aromatic carbocycles. The van der Waals surface area contributed by atoms with Gasteiger partial charge in [0.25, 0.3) is 0 Å². The van der Waals surface area contributed by atoms with E-state index in [0.29, 0.717) is 17.4 Å². The molecule has 0 unspecified atom stereocenters. The van der Waals surface area contributed by atoms with Crippen LogP contribution < -0.4 is 4.74 Å². The van der Waals surface area contributed by atoms with Gasteiger partial charge in [-0.05, 0) is 49.7 Å². The zero-order valence-electron chi connectivity index (χ0n) is 11.5. The highest BCUT2D eigenvalue weighted by Crippen LogP contribution is 2.36. The lowest BCUT2D eigenvalue weighted by atomic mass is 9.76. The Bertz CT molecular complexity index is 407. The average molecular weight is 268 g/mol. The van der Waals surface area contributed by atoms with Crippen molar-refractivity contribution in [3.8, 4) is 5.88 Å². The van der Waals surface area contributed by atoms with E-state index in [9.17, 15) is 0 Å². The fraction of sp³-hybridized carbons (Fsp3) is 0.667. The first kappa shape index (κ1) is 13.7. The third-order valence-electron chi connectivity index (χ3n) is 3.72. The zero-order valence-corrected chi connectivity index (χ0v) is 12.3. The van der Waals surface area contributed by atoms with Gasteiger partial charge < -0.3 is 4.74 Å². The topological polar surface area (TPSA) is 22.1 Å². The largest absolute Gasteiger partial charge is 0.474 e. The molecule has 1 aromatic rings. The van der Waals surface area contributed by atoms with E-state index in [1.54, 1.807) is 0 Å². The van der Waals surface area contributed by atoms with Gasteiger partial charge in [0.05, 0.1) is 0 Å². The number of aromatic nitrogens is 1. The van der Waals surface area contributed by atoms with Gasteiger partial charge in [-0.25, -0.2) is 4.98 Å². The van der Waals surface area contributed by atoms with E-state index < -0.39 is 0 Å². The van der Waals surface area contributed by atoms with Crippen molar-refractivity contribution in [2.75, 3.05) is 0 Å². The molecule has 3 heteroatoms. The Morgan fingerprint density at radius 1 is 1.33 bits per heavy atom. The highest BCUT2D eigenvalue weighted by atomic mass is 35.5. The van der Waals surface area contributed by atoms with Gasteiger partial charge in [-0.1, -0.05) is 13.8 Å². The van der Waals surface area contributed by atoms with E-state index in [1.807, 2.05) is 19.1 Å². The quantitative estimate of drug-likeness (QED) is 0.754. The highest BCUT2D eigenvalue weighted by molar-refractivity contribution is 6.17. The maximum absolute atomic E-state index is 6.00. The second-order valence-corrected chi connectivity index (χ2v) is 6.34. The van der Waals surface area contributed by atoms with Crippen molar-refractivity contribution < 1.29 is 4.74 Å². The van der Waals surface area contributed by atoms with Gasteiger partial charge in [0.2, 0.25) is 5.88 Å². The molecule has 2 rings (SSSR count). The van der Waals surface area contributed by atoms with Gasteiger partial charge in [-0.3, -0.25) is 0 Å². The number of rotatable bonds is 3. The average Bonchev–Trinajstić information content (AvgIpc) is 2.31. The van der Waals surface area contributed by atoms with E-state index in [-0.39, 0.29) is 0 Å². The summed E-state index contributed by atoms with van der Waals surface area (Å²) in [6.07, 6.45) is 5.02. The lowest BCUT2D eigenvalue weighted by molar-refractivity contribution is 0.0947. The predicted molar refractivity (Wildman–Crippen MR) is 75.2 cm³/mol. The summed E-state index contributed by atoms with van der Waals surface area (Å²) in [5.74, 6) is 1.24. The Hall–Kier alpha value is -0.760. The fourth-order valence-electron chi connectivity index (χ4n) is 2.51. The van der Waals surface area contributed by atoms with Crippen molar-refractivity contribution in [3.63, 3.8) is 0 Å². The zero-order chi connectivity index (χ0) is 13.2. The molecule has 1 aromatic heterocycles. The summed E-state index contributed by atoms with van der Waals surface area (Å²) in [6, 6.07) is 3.96. The van der Waals surface area contributed by atoms with Gasteiger partial charge in [-0.2, -0.15) is 0 Å². The minimum atomic E-state index is 0.315. The molecular weight excluding hydrogens is 246 g/mol. The number of alkyl halides is 1. The number of hydrogen-bond donors (Lipinski definition) is 0. The Kier molecular flexibility index (Phi) is 4.16. The van der Waals surface area contributed by atoms with Crippen LogP contribution in [0.25, 0.3) is 0 Å². The molecule has 0 bridgehead atoms. The van der Waals surface area contributed by atoms with Crippen LogP contribution in [0.4, 0.5) is 0 Å². The summed E-state index contributed by atoms with van der Waals surface area (Å²) in [4.78, 5) is 4.43. The standard InChI is InChI=1S/C15H22ClNO/c1-11-8-12(10-16)9-14(17-11)18-13-4-6-15(2,3)7-5-13/h8-9,13H,4-7,10H2,1-3H3. The number of halogens is 1. The molecule has 1 heterocycles. The first-order chi connectivity index (χ1) is 8.48. The number of aryl methyl sites for hydroxylation is 1. The molecule has 0 saturated heterocycles. The highest BCUT2D eigenvalue weighted by Gasteiger charge is 2.28. The van der Waals surface area contributed by atoms with E-state index in [2.05, 4.69) is 18.8 Å². The lowest BCUT2D eigenvalue weighted by Crippen LogP contribution is -2.28. The Balaban J connectivity index is 2.00. The van der Waals surface area contributed by atoms with Gasteiger partial charge in [0, 0.05) is 17.6 Å². The number of pyridine rings is 1. The summed E-state index contributed by atoms with van der Waals surface area (Å²) < 4.78 is 6.00. The van der Waals surface area contributed by atoms with Gasteiger partial charge in [0.15, 0.2) is 0 Å². The van der Waals surface area contributed by atoms with Crippen LogP contribution in [0.1, 0.15) is 50.8 Å². The minimum Gasteiger partial charge on any atom is -0.474 e. The van der Waals surface area contributed by atoms with E-state index >= 15 is 0 Å². The van der Waals surface area contributed by atoms with Crippen molar-refractivity contribution in [1.82, 2.24) is 4.98 Å². The van der Waals surface area contributed by atoms with Crippen molar-refractivity contribution >= 4 is 11.6 Å². The molecule has 1 aliphatic carbocycles. The molecule has 1 saturated carbocycles. The lowest BCUT2D eigenvalue weighted by Gasteiger charge is -2.34. The van der Waals surface area contributed by atoms with Gasteiger partial charge in [-0.15, -0.1) is 11.6 Å². The monoisotopic (exact) mass is 267 g/mol. The van der Waals surface area contributed by atoms with E-state index in [0.717, 1.165) is 30.0 Å². The van der Waals surface area contributed by atoms with Crippen LogP contribution in [0.5, 0.6) is 5.88 Å². The summed E-state index contributed by atoms with van der Waals surface area (Å²) in [5, 5.41) is 0. The minimum absolute atomic E-state index is 0.315. The van der Waals surface area contributed by atoms with Crippen LogP contribution in [0.3, 0.4) is 0 Å². The van der Waals surface area contributed by atoms with Crippen molar-refractivity contribution in [1.29, 1.82) is 0 Å². The smallest absolute Gasteiger partial charge is 0.214 e. The first-order valence-electron chi connectivity index (χ1n) is 6.69. The second-order valence-electron chi connectivity index (χ2n) is 6.07. The van der Waals surface area contributed by atoms with Crippen LogP contribution in [0, 0.1) is 12.3 Å². The summed E-state index contributed by atoms with van der Waals surface area (Å²) in [5.41, 5.74) is 2.52. The molecule has 0 spiro atoms. The fourth-order valence-corrected chi connectivity index (χ4v) is 2.66. The Morgan fingerprint density at radius 3 is 2.61 bits per heavy atom. The predicted octanol–water partition coefficient (Wildman–Crippen LogP) is 4.48. The van der Waals surface area contributed by atoms with Crippen molar-refractivity contribution in [3.05, 3.63) is 23.4 Å². The SMILES string of the molecule is Cc1cc(CCl)cc(OC2CCC(C)(C)CC2)n1. The molecule has 0 radical (unpaired) electrons. The molecule has 1 aliphatic rings. The van der Waals surface area contributed by atoms with Crippen LogP contribution in [-0.2, 0) is 5.88 Å². The summed E-state index contributed by atoms with van der Waals surface area (Å²) in [7, 11) is 0. The van der Waals surface area contributed by atoms with Crippen LogP contribution in [0.2, 0.25) is 0 Å². The number of ether oxygens (including phenoxy) is 1. The molecule has 0 amide bonds. The van der Waals surface area contributed by atoms with Gasteiger partial charge in [0.1, 0.15) is 6.10 Å². The number of nitrogens with zero attached hydrogens (tertiary/aromatic N) is 1. The van der Waals surface area contributed by atoms with Crippen LogP contribution >= 0.6 is 11.6 Å². The summed E-state index contributed by atoms with van der Waals surface area (Å²) in [6.45, 7) is 6.65. The van der Waals surface area contributed by atoms with E-state index in [4.69, 9.17) is 16.3 Å². The molecule has 0 atom stereocenters. The Morgan fingerprint density at radius 2 is 2.00 bits per heavy atom. The third-order valence-corrected chi connectivity index (χ3v) is 4.03. The van der Waals surface area contributed by atoms with Crippen LogP contribution in [0.15, 0.2) is 12.1 Å². The molecule has 1 fully saturated rings. The van der Waals surface area contributed by atoms with Crippen LogP contribution in [-0.4, -0.2) is 11.1 Å². The number of hydrogen-bond acceptors (Lipinski definition) is 2. The first-order valence-corrected chi connectivity index (χ1v) is 7.22. The second kappa shape index (κ2) is 5.48.